The highest BCUT2D eigenvalue weighted by molar-refractivity contribution is 4.69. The second-order valence-electron chi connectivity index (χ2n) is 5.20. The van der Waals surface area contributed by atoms with Crippen LogP contribution in [0.25, 0.3) is 0 Å². The molecule has 98 valence electrons. The molecule has 0 amide bonds. The van der Waals surface area contributed by atoms with E-state index < -0.39 is 0 Å². The van der Waals surface area contributed by atoms with Gasteiger partial charge in [-0.1, -0.05) is 6.92 Å². The molecule has 0 aromatic carbocycles. The average Bonchev–Trinajstić information content (AvgIpc) is 2.24. The summed E-state index contributed by atoms with van der Waals surface area (Å²) in [7, 11) is 6.49. The molecule has 0 aromatic heterocycles. The number of nitrogens with one attached hydrogen (secondary N) is 1. The van der Waals surface area contributed by atoms with Crippen LogP contribution in [-0.4, -0.2) is 62.7 Å². The number of hydrogen-bond acceptors (Lipinski definition) is 3. The Morgan fingerprint density at radius 1 is 1.06 bits per heavy atom. The third kappa shape index (κ3) is 8.08. The fourth-order valence-corrected chi connectivity index (χ4v) is 1.53. The summed E-state index contributed by atoms with van der Waals surface area (Å²) in [5.41, 5.74) is 0. The first-order chi connectivity index (χ1) is 7.47. The van der Waals surface area contributed by atoms with Gasteiger partial charge in [0.15, 0.2) is 0 Å². The Kier molecular flexibility index (Phi) is 8.90. The summed E-state index contributed by atoms with van der Waals surface area (Å²) in [5.74, 6) is 0. The van der Waals surface area contributed by atoms with Gasteiger partial charge in [-0.25, -0.2) is 0 Å². The van der Waals surface area contributed by atoms with Gasteiger partial charge in [0.1, 0.15) is 0 Å². The minimum atomic E-state index is 0.621. The topological polar surface area (TPSA) is 18.5 Å². The molecule has 0 saturated carbocycles. The lowest BCUT2D eigenvalue weighted by Crippen LogP contribution is -2.41. The minimum Gasteiger partial charge on any atom is -0.313 e. The Morgan fingerprint density at radius 3 is 2.19 bits per heavy atom. The maximum absolute atomic E-state index is 3.56. The second kappa shape index (κ2) is 8.97. The molecule has 0 aromatic rings. The lowest BCUT2D eigenvalue weighted by atomic mass is 10.2. The molecule has 0 bridgehead atoms. The summed E-state index contributed by atoms with van der Waals surface area (Å²) in [6.45, 7) is 10.2. The van der Waals surface area contributed by atoms with Crippen LogP contribution in [0.5, 0.6) is 0 Å². The predicted molar refractivity (Wildman–Crippen MR) is 73.0 cm³/mol. The third-order valence-electron chi connectivity index (χ3n) is 3.24. The average molecular weight is 229 g/mol. The fraction of sp³-hybridized carbons (Fsp3) is 1.00. The molecule has 0 rings (SSSR count). The van der Waals surface area contributed by atoms with E-state index in [1.54, 1.807) is 0 Å². The summed E-state index contributed by atoms with van der Waals surface area (Å²) in [5, 5.41) is 3.56. The van der Waals surface area contributed by atoms with Crippen molar-refractivity contribution < 1.29 is 0 Å². The van der Waals surface area contributed by atoms with Crippen molar-refractivity contribution in [2.24, 2.45) is 0 Å². The molecule has 0 aliphatic rings. The SMILES string of the molecule is CCC(C)NCC(C)N(C)CCCN(C)C. The summed E-state index contributed by atoms with van der Waals surface area (Å²) in [4.78, 5) is 4.69. The van der Waals surface area contributed by atoms with E-state index in [1.807, 2.05) is 0 Å². The van der Waals surface area contributed by atoms with Crippen molar-refractivity contribution in [3.63, 3.8) is 0 Å². The van der Waals surface area contributed by atoms with Crippen LogP contribution in [0.3, 0.4) is 0 Å². The highest BCUT2D eigenvalue weighted by Gasteiger charge is 2.09. The van der Waals surface area contributed by atoms with E-state index in [0.29, 0.717) is 12.1 Å². The summed E-state index contributed by atoms with van der Waals surface area (Å²) in [6.07, 6.45) is 2.45. The molecule has 0 aliphatic heterocycles. The zero-order chi connectivity index (χ0) is 12.6. The lowest BCUT2D eigenvalue weighted by Gasteiger charge is -2.26. The molecule has 2 atom stereocenters. The van der Waals surface area contributed by atoms with Crippen molar-refractivity contribution in [3.8, 4) is 0 Å². The Hall–Kier alpha value is -0.120. The van der Waals surface area contributed by atoms with Gasteiger partial charge < -0.3 is 15.1 Å². The van der Waals surface area contributed by atoms with Gasteiger partial charge in [-0.05, 0) is 60.9 Å². The molecule has 0 saturated heterocycles. The maximum Gasteiger partial charge on any atom is 0.0189 e. The van der Waals surface area contributed by atoms with Crippen LogP contribution in [0.2, 0.25) is 0 Å². The first-order valence-corrected chi connectivity index (χ1v) is 6.55. The van der Waals surface area contributed by atoms with Crippen LogP contribution in [0.1, 0.15) is 33.6 Å². The van der Waals surface area contributed by atoms with Crippen molar-refractivity contribution in [1.82, 2.24) is 15.1 Å². The standard InChI is InChI=1S/C13H31N3/c1-7-12(2)14-11-13(3)16(6)10-8-9-15(4)5/h12-14H,7-11H2,1-6H3. The summed E-state index contributed by atoms with van der Waals surface area (Å²) in [6, 6.07) is 1.26. The highest BCUT2D eigenvalue weighted by Crippen LogP contribution is 1.98. The van der Waals surface area contributed by atoms with E-state index in [1.165, 1.54) is 25.9 Å². The van der Waals surface area contributed by atoms with Crippen LogP contribution in [0.4, 0.5) is 0 Å². The molecule has 0 fully saturated rings. The van der Waals surface area contributed by atoms with Gasteiger partial charge in [-0.3, -0.25) is 0 Å². The molecule has 16 heavy (non-hydrogen) atoms. The molecular weight excluding hydrogens is 198 g/mol. The molecule has 0 radical (unpaired) electrons. The van der Waals surface area contributed by atoms with Crippen molar-refractivity contribution >= 4 is 0 Å². The van der Waals surface area contributed by atoms with Crippen LogP contribution in [0.15, 0.2) is 0 Å². The van der Waals surface area contributed by atoms with Gasteiger partial charge in [-0.2, -0.15) is 0 Å². The van der Waals surface area contributed by atoms with E-state index in [-0.39, 0.29) is 0 Å². The summed E-state index contributed by atoms with van der Waals surface area (Å²) >= 11 is 0. The number of rotatable bonds is 9. The van der Waals surface area contributed by atoms with Crippen molar-refractivity contribution in [2.45, 2.75) is 45.7 Å². The second-order valence-corrected chi connectivity index (χ2v) is 5.20. The first kappa shape index (κ1) is 15.9. The van der Waals surface area contributed by atoms with Crippen molar-refractivity contribution in [2.75, 3.05) is 40.8 Å². The molecular formula is C13H31N3. The molecule has 3 nitrogen and oxygen atoms in total. The Morgan fingerprint density at radius 2 is 1.69 bits per heavy atom. The van der Waals surface area contributed by atoms with Gasteiger partial charge in [0.25, 0.3) is 0 Å². The highest BCUT2D eigenvalue weighted by atomic mass is 15.1. The smallest absolute Gasteiger partial charge is 0.0189 e. The van der Waals surface area contributed by atoms with Gasteiger partial charge in [-0.15, -0.1) is 0 Å². The Balaban J connectivity index is 3.60. The van der Waals surface area contributed by atoms with Gasteiger partial charge in [0.05, 0.1) is 0 Å². The van der Waals surface area contributed by atoms with Crippen LogP contribution in [0, 0.1) is 0 Å². The molecule has 0 heterocycles. The van der Waals surface area contributed by atoms with E-state index in [9.17, 15) is 0 Å². The van der Waals surface area contributed by atoms with Gasteiger partial charge in [0.2, 0.25) is 0 Å². The normalized spacial score (nSPS) is 15.8. The van der Waals surface area contributed by atoms with E-state index >= 15 is 0 Å². The Bertz CT molecular complexity index is 159. The minimum absolute atomic E-state index is 0.621. The number of likely N-dealkylation sites (N-methyl/N-ethyl adjacent to an activating group) is 1. The quantitative estimate of drug-likeness (QED) is 0.648. The lowest BCUT2D eigenvalue weighted by molar-refractivity contribution is 0.232. The third-order valence-corrected chi connectivity index (χ3v) is 3.24. The van der Waals surface area contributed by atoms with Gasteiger partial charge in [0, 0.05) is 18.6 Å². The Labute approximate surface area is 102 Å². The van der Waals surface area contributed by atoms with E-state index in [0.717, 1.165) is 6.54 Å². The zero-order valence-corrected chi connectivity index (χ0v) is 12.1. The largest absolute Gasteiger partial charge is 0.313 e. The first-order valence-electron chi connectivity index (χ1n) is 6.55. The van der Waals surface area contributed by atoms with Crippen LogP contribution >= 0.6 is 0 Å². The summed E-state index contributed by atoms with van der Waals surface area (Å²) < 4.78 is 0. The molecule has 3 heteroatoms. The molecule has 1 N–H and O–H groups in total. The van der Waals surface area contributed by atoms with E-state index in [4.69, 9.17) is 0 Å². The monoisotopic (exact) mass is 229 g/mol. The zero-order valence-electron chi connectivity index (χ0n) is 12.1. The van der Waals surface area contributed by atoms with Gasteiger partial charge >= 0.3 is 0 Å². The number of hydrogen-bond donors (Lipinski definition) is 1. The number of nitrogens with zero attached hydrogens (tertiary/aromatic N) is 2. The van der Waals surface area contributed by atoms with Crippen molar-refractivity contribution in [1.29, 1.82) is 0 Å². The molecule has 0 spiro atoms. The fourth-order valence-electron chi connectivity index (χ4n) is 1.53. The maximum atomic E-state index is 3.56. The van der Waals surface area contributed by atoms with Crippen LogP contribution in [-0.2, 0) is 0 Å². The van der Waals surface area contributed by atoms with E-state index in [2.05, 4.69) is 57.0 Å². The van der Waals surface area contributed by atoms with Crippen LogP contribution < -0.4 is 5.32 Å². The predicted octanol–water partition coefficient (Wildman–Crippen LogP) is 1.65. The van der Waals surface area contributed by atoms with Crippen molar-refractivity contribution in [3.05, 3.63) is 0 Å². The molecule has 2 unspecified atom stereocenters. The molecule has 0 aliphatic carbocycles.